The fraction of sp³-hybridized carbons (Fsp3) is 0.913. The molecule has 28 heavy (non-hydrogen) atoms. The molecule has 5 heteroatoms. The first-order valence-electron chi connectivity index (χ1n) is 11.5. The molecule has 0 saturated carbocycles. The van der Waals surface area contributed by atoms with Gasteiger partial charge in [-0.2, -0.15) is 0 Å². The Kier molecular flexibility index (Phi) is 18.5. The first kappa shape index (κ1) is 26.9. The molecule has 0 saturated heterocycles. The van der Waals surface area contributed by atoms with Crippen molar-refractivity contribution in [3.05, 3.63) is 0 Å². The third-order valence-electron chi connectivity index (χ3n) is 5.11. The van der Waals surface area contributed by atoms with Crippen molar-refractivity contribution in [2.75, 3.05) is 26.4 Å². The average molecular weight is 401 g/mol. The van der Waals surface area contributed by atoms with E-state index in [9.17, 15) is 9.59 Å². The molecular weight excluding hydrogens is 356 g/mol. The second-order valence-corrected chi connectivity index (χ2v) is 7.50. The maximum Gasteiger partial charge on any atom is 0.308 e. The average Bonchev–Trinajstić information content (AvgIpc) is 2.70. The van der Waals surface area contributed by atoms with E-state index in [0.717, 1.165) is 70.6 Å². The number of hydrogen-bond donors (Lipinski definition) is 0. The first-order chi connectivity index (χ1) is 13.6. The highest BCUT2D eigenvalue weighted by Crippen LogP contribution is 2.15. The van der Waals surface area contributed by atoms with Gasteiger partial charge in [-0.1, -0.05) is 53.4 Å². The highest BCUT2D eigenvalue weighted by atomic mass is 16.6. The fourth-order valence-electron chi connectivity index (χ4n) is 3.07. The molecule has 0 fully saturated rings. The Balaban J connectivity index is 3.57. The zero-order valence-electron chi connectivity index (χ0n) is 18.8. The monoisotopic (exact) mass is 400 g/mol. The van der Waals surface area contributed by atoms with Crippen molar-refractivity contribution in [1.82, 2.24) is 0 Å². The summed E-state index contributed by atoms with van der Waals surface area (Å²) in [7, 11) is 0. The van der Waals surface area contributed by atoms with Crippen molar-refractivity contribution in [2.45, 2.75) is 98.3 Å². The van der Waals surface area contributed by atoms with Crippen LogP contribution in [0, 0.1) is 11.8 Å². The molecule has 0 aliphatic heterocycles. The zero-order valence-corrected chi connectivity index (χ0v) is 18.8. The number of esters is 2. The van der Waals surface area contributed by atoms with Crippen molar-refractivity contribution < 1.29 is 23.8 Å². The van der Waals surface area contributed by atoms with Crippen molar-refractivity contribution in [3.63, 3.8) is 0 Å². The van der Waals surface area contributed by atoms with E-state index in [2.05, 4.69) is 13.8 Å². The Morgan fingerprint density at radius 2 is 1.11 bits per heavy atom. The van der Waals surface area contributed by atoms with Crippen LogP contribution in [0.1, 0.15) is 98.3 Å². The minimum atomic E-state index is -0.0920. The summed E-state index contributed by atoms with van der Waals surface area (Å²) in [4.78, 5) is 23.9. The van der Waals surface area contributed by atoms with E-state index >= 15 is 0 Å². The van der Waals surface area contributed by atoms with Crippen LogP contribution in [0.25, 0.3) is 0 Å². The minimum absolute atomic E-state index is 0.0249. The standard InChI is InChI=1S/C23H44O5/c1-5-9-14-20(7-3)22(24)27-17-13-11-12-16-26-18-19-28-23(25)21(8-4)15-10-6-2/h20-21H,5-19H2,1-4H3/t20-,21-/m0/s1. The van der Waals surface area contributed by atoms with E-state index in [-0.39, 0.29) is 23.8 Å². The van der Waals surface area contributed by atoms with Gasteiger partial charge in [-0.25, -0.2) is 0 Å². The van der Waals surface area contributed by atoms with Gasteiger partial charge in [0.2, 0.25) is 0 Å². The molecule has 0 N–H and O–H groups in total. The number of unbranched alkanes of at least 4 members (excludes halogenated alkanes) is 4. The Bertz CT molecular complexity index is 347. The van der Waals surface area contributed by atoms with Crippen molar-refractivity contribution in [2.24, 2.45) is 11.8 Å². The summed E-state index contributed by atoms with van der Waals surface area (Å²) in [6, 6.07) is 0. The topological polar surface area (TPSA) is 61.8 Å². The van der Waals surface area contributed by atoms with Crippen LogP contribution in [0.15, 0.2) is 0 Å². The third-order valence-corrected chi connectivity index (χ3v) is 5.11. The zero-order chi connectivity index (χ0) is 21.0. The Hall–Kier alpha value is -1.10. The molecule has 0 bridgehead atoms. The van der Waals surface area contributed by atoms with E-state index in [1.54, 1.807) is 0 Å². The van der Waals surface area contributed by atoms with Crippen LogP contribution in [0.2, 0.25) is 0 Å². The molecule has 2 atom stereocenters. The van der Waals surface area contributed by atoms with Gasteiger partial charge in [0.05, 0.1) is 25.0 Å². The molecule has 0 heterocycles. The third kappa shape index (κ3) is 14.0. The van der Waals surface area contributed by atoms with Crippen molar-refractivity contribution >= 4 is 11.9 Å². The Labute approximate surface area is 172 Å². The quantitative estimate of drug-likeness (QED) is 0.206. The second kappa shape index (κ2) is 19.2. The second-order valence-electron chi connectivity index (χ2n) is 7.50. The molecule has 0 unspecified atom stereocenters. The number of ether oxygens (including phenoxy) is 3. The number of carbonyl (C=O) groups excluding carboxylic acids is 2. The maximum atomic E-state index is 12.0. The van der Waals surface area contributed by atoms with E-state index in [1.165, 1.54) is 0 Å². The Morgan fingerprint density at radius 3 is 1.61 bits per heavy atom. The van der Waals surface area contributed by atoms with E-state index in [0.29, 0.717) is 26.4 Å². The van der Waals surface area contributed by atoms with E-state index in [1.807, 2.05) is 13.8 Å². The van der Waals surface area contributed by atoms with E-state index < -0.39 is 0 Å². The highest BCUT2D eigenvalue weighted by Gasteiger charge is 2.17. The molecule has 5 nitrogen and oxygen atoms in total. The maximum absolute atomic E-state index is 12.0. The van der Waals surface area contributed by atoms with Crippen LogP contribution in [0.3, 0.4) is 0 Å². The molecule has 0 spiro atoms. The molecular formula is C23H44O5. The lowest BCUT2D eigenvalue weighted by Gasteiger charge is -2.14. The first-order valence-corrected chi connectivity index (χ1v) is 11.5. The molecule has 0 aliphatic carbocycles. The van der Waals surface area contributed by atoms with Gasteiger partial charge in [0.1, 0.15) is 6.61 Å². The molecule has 0 aromatic carbocycles. The summed E-state index contributed by atoms with van der Waals surface area (Å²) in [6.07, 6.45) is 10.7. The summed E-state index contributed by atoms with van der Waals surface area (Å²) in [6.45, 7) is 10.3. The van der Waals surface area contributed by atoms with Crippen LogP contribution in [0.5, 0.6) is 0 Å². The van der Waals surface area contributed by atoms with Gasteiger partial charge >= 0.3 is 11.9 Å². The van der Waals surface area contributed by atoms with Gasteiger partial charge in [0, 0.05) is 6.61 Å². The van der Waals surface area contributed by atoms with Gasteiger partial charge in [0.15, 0.2) is 0 Å². The van der Waals surface area contributed by atoms with Crippen molar-refractivity contribution in [3.8, 4) is 0 Å². The van der Waals surface area contributed by atoms with Gasteiger partial charge in [-0.05, 0) is 44.9 Å². The molecule has 0 aliphatic rings. The van der Waals surface area contributed by atoms with Crippen molar-refractivity contribution in [1.29, 1.82) is 0 Å². The normalized spacial score (nSPS) is 13.1. The summed E-state index contributed by atoms with van der Waals surface area (Å²) in [5, 5.41) is 0. The lowest BCUT2D eigenvalue weighted by atomic mass is 10.00. The number of rotatable bonds is 19. The summed E-state index contributed by atoms with van der Waals surface area (Å²) in [5.41, 5.74) is 0. The van der Waals surface area contributed by atoms with E-state index in [4.69, 9.17) is 14.2 Å². The van der Waals surface area contributed by atoms with Crippen LogP contribution in [-0.2, 0) is 23.8 Å². The number of hydrogen-bond acceptors (Lipinski definition) is 5. The van der Waals surface area contributed by atoms with Crippen LogP contribution >= 0.6 is 0 Å². The highest BCUT2D eigenvalue weighted by molar-refractivity contribution is 5.72. The van der Waals surface area contributed by atoms with Gasteiger partial charge < -0.3 is 14.2 Å². The van der Waals surface area contributed by atoms with Gasteiger partial charge in [-0.3, -0.25) is 9.59 Å². The minimum Gasteiger partial charge on any atom is -0.465 e. The predicted octanol–water partition coefficient (Wildman–Crippen LogP) is 5.69. The lowest BCUT2D eigenvalue weighted by Crippen LogP contribution is -2.19. The lowest BCUT2D eigenvalue weighted by molar-refractivity contribution is -0.151. The fourth-order valence-corrected chi connectivity index (χ4v) is 3.07. The van der Waals surface area contributed by atoms with Gasteiger partial charge in [0.25, 0.3) is 0 Å². The van der Waals surface area contributed by atoms with Crippen LogP contribution < -0.4 is 0 Å². The predicted molar refractivity (Wildman–Crippen MR) is 113 cm³/mol. The van der Waals surface area contributed by atoms with Crippen LogP contribution in [-0.4, -0.2) is 38.4 Å². The molecule has 0 aromatic heterocycles. The summed E-state index contributed by atoms with van der Waals surface area (Å²) < 4.78 is 16.2. The SMILES string of the molecule is CCCC[C@H](CC)C(=O)OCCCCCOCCOC(=O)[C@@H](CC)CCCC. The van der Waals surface area contributed by atoms with Crippen LogP contribution in [0.4, 0.5) is 0 Å². The largest absolute Gasteiger partial charge is 0.465 e. The molecule has 0 aromatic rings. The number of carbonyl (C=O) groups is 2. The Morgan fingerprint density at radius 1 is 0.607 bits per heavy atom. The molecule has 0 rings (SSSR count). The molecule has 0 radical (unpaired) electrons. The summed E-state index contributed by atoms with van der Waals surface area (Å²) in [5.74, 6) is -0.0544. The molecule has 166 valence electrons. The smallest absolute Gasteiger partial charge is 0.308 e. The summed E-state index contributed by atoms with van der Waals surface area (Å²) >= 11 is 0. The molecule has 0 amide bonds. The van der Waals surface area contributed by atoms with Gasteiger partial charge in [-0.15, -0.1) is 0 Å².